The van der Waals surface area contributed by atoms with Crippen LogP contribution in [0.15, 0.2) is 49.6 Å². The summed E-state index contributed by atoms with van der Waals surface area (Å²) in [5.74, 6) is 0. The predicted molar refractivity (Wildman–Crippen MR) is 66.4 cm³/mol. The Hall–Kier alpha value is -1.04. The van der Waals surface area contributed by atoms with E-state index in [2.05, 4.69) is 37.5 Å². The van der Waals surface area contributed by atoms with E-state index in [9.17, 15) is 0 Å². The van der Waals surface area contributed by atoms with E-state index in [1.165, 1.54) is 12.8 Å². The standard InChI is InChI=1S/C14H22/c1-3-5-7-9-11-13-14-12-10-8-6-4-2/h3-4,11-14H,1-2,5-10H2/b13-11+,14-12+. The molecular weight excluding hydrogens is 168 g/mol. The predicted octanol–water partition coefficient (Wildman–Crippen LogP) is 4.81. The molecule has 0 fully saturated rings. The van der Waals surface area contributed by atoms with Gasteiger partial charge >= 0.3 is 0 Å². The van der Waals surface area contributed by atoms with E-state index in [4.69, 9.17) is 0 Å². The number of allylic oxidation sites excluding steroid dienone is 6. The zero-order chi connectivity index (χ0) is 10.5. The van der Waals surface area contributed by atoms with Crippen LogP contribution in [0.1, 0.15) is 38.5 Å². The van der Waals surface area contributed by atoms with Crippen molar-refractivity contribution >= 4 is 0 Å². The molecule has 0 aromatic heterocycles. The lowest BCUT2D eigenvalue weighted by molar-refractivity contribution is 0.866. The Morgan fingerprint density at radius 2 is 1.07 bits per heavy atom. The van der Waals surface area contributed by atoms with Crippen LogP contribution in [0.2, 0.25) is 0 Å². The first-order valence-corrected chi connectivity index (χ1v) is 5.45. The molecule has 0 heteroatoms. The lowest BCUT2D eigenvalue weighted by Gasteiger charge is -1.88. The second-order valence-corrected chi connectivity index (χ2v) is 3.30. The fraction of sp³-hybridized carbons (Fsp3) is 0.429. The first kappa shape index (κ1) is 13.0. The molecule has 0 nitrogen and oxygen atoms in total. The SMILES string of the molecule is C=CCCC/C=C/C=C/CCCC=C. The summed E-state index contributed by atoms with van der Waals surface area (Å²) < 4.78 is 0. The van der Waals surface area contributed by atoms with Gasteiger partial charge in [-0.25, -0.2) is 0 Å². The lowest BCUT2D eigenvalue weighted by Crippen LogP contribution is -1.68. The molecule has 0 radical (unpaired) electrons. The van der Waals surface area contributed by atoms with Gasteiger partial charge in [0.2, 0.25) is 0 Å². The lowest BCUT2D eigenvalue weighted by atomic mass is 10.2. The van der Waals surface area contributed by atoms with Gasteiger partial charge in [-0.2, -0.15) is 0 Å². The summed E-state index contributed by atoms with van der Waals surface area (Å²) in [5, 5.41) is 0. The van der Waals surface area contributed by atoms with Crippen molar-refractivity contribution in [2.45, 2.75) is 38.5 Å². The van der Waals surface area contributed by atoms with Crippen LogP contribution in [0.25, 0.3) is 0 Å². The number of unbranched alkanes of at least 4 members (excludes halogenated alkanes) is 4. The Morgan fingerprint density at radius 1 is 0.643 bits per heavy atom. The van der Waals surface area contributed by atoms with Gasteiger partial charge in [0.25, 0.3) is 0 Å². The molecule has 0 bridgehead atoms. The molecule has 0 unspecified atom stereocenters. The van der Waals surface area contributed by atoms with Crippen LogP contribution >= 0.6 is 0 Å². The highest BCUT2D eigenvalue weighted by Gasteiger charge is 1.79. The van der Waals surface area contributed by atoms with Gasteiger partial charge in [-0.05, 0) is 38.5 Å². The Labute approximate surface area is 88.7 Å². The zero-order valence-electron chi connectivity index (χ0n) is 9.12. The number of hydrogen-bond acceptors (Lipinski definition) is 0. The molecule has 0 spiro atoms. The van der Waals surface area contributed by atoms with E-state index in [-0.39, 0.29) is 0 Å². The van der Waals surface area contributed by atoms with Gasteiger partial charge in [0.05, 0.1) is 0 Å². The van der Waals surface area contributed by atoms with E-state index in [1.54, 1.807) is 0 Å². The van der Waals surface area contributed by atoms with Gasteiger partial charge < -0.3 is 0 Å². The zero-order valence-corrected chi connectivity index (χ0v) is 9.12. The van der Waals surface area contributed by atoms with Crippen molar-refractivity contribution in [2.24, 2.45) is 0 Å². The molecule has 0 atom stereocenters. The third-order valence-corrected chi connectivity index (χ3v) is 1.94. The molecular formula is C14H22. The normalized spacial score (nSPS) is 11.1. The van der Waals surface area contributed by atoms with E-state index in [0.29, 0.717) is 0 Å². The minimum Gasteiger partial charge on any atom is -0.103 e. The Morgan fingerprint density at radius 3 is 1.43 bits per heavy atom. The fourth-order valence-electron chi connectivity index (χ4n) is 1.11. The molecule has 0 saturated heterocycles. The van der Waals surface area contributed by atoms with Gasteiger partial charge in [0.15, 0.2) is 0 Å². The van der Waals surface area contributed by atoms with Crippen molar-refractivity contribution in [1.82, 2.24) is 0 Å². The third kappa shape index (κ3) is 11.0. The molecule has 14 heavy (non-hydrogen) atoms. The molecule has 0 aliphatic carbocycles. The molecule has 78 valence electrons. The first-order chi connectivity index (χ1) is 6.91. The van der Waals surface area contributed by atoms with Gasteiger partial charge in [0.1, 0.15) is 0 Å². The Bertz CT molecular complexity index is 162. The number of rotatable bonds is 9. The highest BCUT2D eigenvalue weighted by molar-refractivity contribution is 5.02. The van der Waals surface area contributed by atoms with Crippen LogP contribution < -0.4 is 0 Å². The highest BCUT2D eigenvalue weighted by atomic mass is 13.8. The van der Waals surface area contributed by atoms with E-state index in [1.807, 2.05) is 12.2 Å². The topological polar surface area (TPSA) is 0 Å². The maximum absolute atomic E-state index is 3.69. The monoisotopic (exact) mass is 190 g/mol. The van der Waals surface area contributed by atoms with E-state index >= 15 is 0 Å². The average molecular weight is 190 g/mol. The van der Waals surface area contributed by atoms with Crippen molar-refractivity contribution in [3.8, 4) is 0 Å². The largest absolute Gasteiger partial charge is 0.103 e. The van der Waals surface area contributed by atoms with Crippen molar-refractivity contribution in [3.05, 3.63) is 49.6 Å². The quantitative estimate of drug-likeness (QED) is 0.278. The molecule has 0 saturated carbocycles. The molecule has 0 rings (SSSR count). The van der Waals surface area contributed by atoms with Crippen molar-refractivity contribution < 1.29 is 0 Å². The smallest absolute Gasteiger partial charge is 0.0345 e. The third-order valence-electron chi connectivity index (χ3n) is 1.94. The van der Waals surface area contributed by atoms with Crippen LogP contribution in [0, 0.1) is 0 Å². The molecule has 0 aliphatic heterocycles. The van der Waals surface area contributed by atoms with Crippen LogP contribution in [0.4, 0.5) is 0 Å². The Kier molecular flexibility index (Phi) is 11.1. The highest BCUT2D eigenvalue weighted by Crippen LogP contribution is 1.99. The van der Waals surface area contributed by atoms with Crippen LogP contribution in [-0.2, 0) is 0 Å². The van der Waals surface area contributed by atoms with E-state index < -0.39 is 0 Å². The van der Waals surface area contributed by atoms with Gasteiger partial charge in [0, 0.05) is 0 Å². The Balaban J connectivity index is 3.22. The second kappa shape index (κ2) is 12.0. The molecule has 0 heterocycles. The van der Waals surface area contributed by atoms with Crippen molar-refractivity contribution in [1.29, 1.82) is 0 Å². The summed E-state index contributed by atoms with van der Waals surface area (Å²) in [6, 6.07) is 0. The van der Waals surface area contributed by atoms with E-state index in [0.717, 1.165) is 25.7 Å². The van der Waals surface area contributed by atoms with Crippen LogP contribution in [-0.4, -0.2) is 0 Å². The van der Waals surface area contributed by atoms with Crippen LogP contribution in [0.5, 0.6) is 0 Å². The number of hydrogen-bond donors (Lipinski definition) is 0. The minimum atomic E-state index is 1.12. The summed E-state index contributed by atoms with van der Waals surface area (Å²) in [6.07, 6.45) is 19.6. The van der Waals surface area contributed by atoms with Crippen molar-refractivity contribution in [3.63, 3.8) is 0 Å². The van der Waals surface area contributed by atoms with Gasteiger partial charge in [-0.3, -0.25) is 0 Å². The molecule has 0 N–H and O–H groups in total. The summed E-state index contributed by atoms with van der Waals surface area (Å²) in [6.45, 7) is 7.38. The molecule has 0 aromatic carbocycles. The average Bonchev–Trinajstić information content (AvgIpc) is 2.21. The fourth-order valence-corrected chi connectivity index (χ4v) is 1.11. The van der Waals surface area contributed by atoms with Crippen molar-refractivity contribution in [2.75, 3.05) is 0 Å². The maximum Gasteiger partial charge on any atom is -0.0345 e. The molecule has 0 aromatic rings. The summed E-state index contributed by atoms with van der Waals surface area (Å²) in [4.78, 5) is 0. The second-order valence-electron chi connectivity index (χ2n) is 3.30. The van der Waals surface area contributed by atoms with Gasteiger partial charge in [-0.1, -0.05) is 36.5 Å². The summed E-state index contributed by atoms with van der Waals surface area (Å²) in [5.41, 5.74) is 0. The molecule has 0 aliphatic rings. The molecule has 0 amide bonds. The first-order valence-electron chi connectivity index (χ1n) is 5.45. The van der Waals surface area contributed by atoms with Crippen LogP contribution in [0.3, 0.4) is 0 Å². The summed E-state index contributed by atoms with van der Waals surface area (Å²) >= 11 is 0. The summed E-state index contributed by atoms with van der Waals surface area (Å²) in [7, 11) is 0. The van der Waals surface area contributed by atoms with Gasteiger partial charge in [-0.15, -0.1) is 13.2 Å². The minimum absolute atomic E-state index is 1.12. The maximum atomic E-state index is 3.69.